The molecule has 0 saturated carbocycles. The summed E-state index contributed by atoms with van der Waals surface area (Å²) in [6, 6.07) is 13.9. The second-order valence-electron chi connectivity index (χ2n) is 6.73. The number of aliphatic hydroxyl groups is 1. The first-order valence-electron chi connectivity index (χ1n) is 9.53. The van der Waals surface area contributed by atoms with Crippen LogP contribution in [0.2, 0.25) is 0 Å². The number of benzene rings is 1. The molecule has 5 rings (SSSR count). The number of aromatic amines is 1. The van der Waals surface area contributed by atoms with Crippen molar-refractivity contribution in [2.45, 2.75) is 6.92 Å². The number of aromatic nitrogens is 5. The summed E-state index contributed by atoms with van der Waals surface area (Å²) in [5.74, 6) is 1.47. The van der Waals surface area contributed by atoms with E-state index in [2.05, 4.69) is 27.2 Å². The van der Waals surface area contributed by atoms with Gasteiger partial charge in [0, 0.05) is 30.2 Å². The third-order valence-corrected chi connectivity index (χ3v) is 5.82. The van der Waals surface area contributed by atoms with Crippen molar-refractivity contribution >= 4 is 16.9 Å². The molecule has 0 atom stereocenters. The summed E-state index contributed by atoms with van der Waals surface area (Å²) in [7, 11) is 0. The minimum atomic E-state index is -0.0320. The maximum absolute atomic E-state index is 9.05. The zero-order chi connectivity index (χ0) is 20.5. The molecule has 0 fully saturated rings. The number of H-pyrrole nitrogens is 1. The summed E-state index contributed by atoms with van der Waals surface area (Å²) < 4.78 is 7.42. The largest absolute Gasteiger partial charge is 0.491 e. The number of thiazole rings is 1. The number of ether oxygens (including phenoxy) is 1. The van der Waals surface area contributed by atoms with Gasteiger partial charge in [0.25, 0.3) is 0 Å². The molecule has 8 heteroatoms. The SMILES string of the molecule is Cc1nn2ccc(OCCO)cc2c1-c1nc(-c2ccccc2)c(-c2ncc[nH]2)s1. The van der Waals surface area contributed by atoms with E-state index in [0.717, 1.165) is 43.7 Å². The first-order valence-corrected chi connectivity index (χ1v) is 10.4. The number of aliphatic hydroxyl groups excluding tert-OH is 1. The Balaban J connectivity index is 1.69. The fourth-order valence-electron chi connectivity index (χ4n) is 3.43. The van der Waals surface area contributed by atoms with E-state index in [9.17, 15) is 0 Å². The minimum Gasteiger partial charge on any atom is -0.491 e. The number of nitrogens with one attached hydrogen (secondary N) is 1. The van der Waals surface area contributed by atoms with E-state index in [0.29, 0.717) is 5.75 Å². The molecular weight excluding hydrogens is 398 g/mol. The van der Waals surface area contributed by atoms with Crippen LogP contribution in [0.1, 0.15) is 5.69 Å². The number of nitrogens with zero attached hydrogens (tertiary/aromatic N) is 4. The van der Waals surface area contributed by atoms with E-state index < -0.39 is 0 Å². The van der Waals surface area contributed by atoms with Gasteiger partial charge < -0.3 is 14.8 Å². The number of fused-ring (bicyclic) bond motifs is 1. The van der Waals surface area contributed by atoms with Gasteiger partial charge >= 0.3 is 0 Å². The monoisotopic (exact) mass is 417 g/mol. The predicted octanol–water partition coefficient (Wildman–Crippen LogP) is 4.19. The summed E-state index contributed by atoms with van der Waals surface area (Å²) >= 11 is 1.58. The summed E-state index contributed by atoms with van der Waals surface area (Å²) in [4.78, 5) is 13.6. The third-order valence-electron chi connectivity index (χ3n) is 4.74. The van der Waals surface area contributed by atoms with Gasteiger partial charge in [-0.2, -0.15) is 5.10 Å². The van der Waals surface area contributed by atoms with E-state index in [1.165, 1.54) is 0 Å². The van der Waals surface area contributed by atoms with Crippen LogP contribution in [-0.4, -0.2) is 42.9 Å². The van der Waals surface area contributed by atoms with Gasteiger partial charge in [-0.25, -0.2) is 14.5 Å². The molecule has 0 aliphatic rings. The van der Waals surface area contributed by atoms with Crippen LogP contribution in [0.4, 0.5) is 0 Å². The first-order chi connectivity index (χ1) is 14.7. The van der Waals surface area contributed by atoms with Gasteiger partial charge in [-0.15, -0.1) is 11.3 Å². The molecule has 5 aromatic rings. The van der Waals surface area contributed by atoms with E-state index in [1.54, 1.807) is 17.5 Å². The lowest BCUT2D eigenvalue weighted by atomic mass is 10.1. The van der Waals surface area contributed by atoms with Gasteiger partial charge in [-0.3, -0.25) is 0 Å². The zero-order valence-electron chi connectivity index (χ0n) is 16.2. The van der Waals surface area contributed by atoms with Crippen molar-refractivity contribution in [3.63, 3.8) is 0 Å². The predicted molar refractivity (Wildman–Crippen MR) is 117 cm³/mol. The summed E-state index contributed by atoms with van der Waals surface area (Å²) in [6.45, 7) is 2.19. The van der Waals surface area contributed by atoms with Gasteiger partial charge in [-0.1, -0.05) is 30.3 Å². The normalized spacial score (nSPS) is 11.3. The molecule has 4 aromatic heterocycles. The molecule has 0 saturated heterocycles. The average Bonchev–Trinajstić information content (AvgIpc) is 3.50. The Hall–Kier alpha value is -3.49. The van der Waals surface area contributed by atoms with Crippen molar-refractivity contribution in [1.82, 2.24) is 24.6 Å². The lowest BCUT2D eigenvalue weighted by Gasteiger charge is -2.04. The molecule has 4 heterocycles. The van der Waals surface area contributed by atoms with Crippen LogP contribution < -0.4 is 4.74 Å². The molecule has 30 heavy (non-hydrogen) atoms. The maximum Gasteiger partial charge on any atom is 0.149 e. The zero-order valence-corrected chi connectivity index (χ0v) is 17.1. The van der Waals surface area contributed by atoms with Crippen molar-refractivity contribution < 1.29 is 9.84 Å². The van der Waals surface area contributed by atoms with Gasteiger partial charge in [0.15, 0.2) is 0 Å². The van der Waals surface area contributed by atoms with E-state index in [-0.39, 0.29) is 13.2 Å². The van der Waals surface area contributed by atoms with Crippen LogP contribution >= 0.6 is 11.3 Å². The number of aryl methyl sites for hydroxylation is 1. The van der Waals surface area contributed by atoms with Crippen LogP contribution in [0.25, 0.3) is 38.0 Å². The Bertz CT molecular complexity index is 1290. The molecule has 0 amide bonds. The quantitative estimate of drug-likeness (QED) is 0.432. The Morgan fingerprint density at radius 2 is 2.07 bits per heavy atom. The highest BCUT2D eigenvalue weighted by atomic mass is 32.1. The Morgan fingerprint density at radius 1 is 1.20 bits per heavy atom. The summed E-state index contributed by atoms with van der Waals surface area (Å²) in [5.41, 5.74) is 4.67. The topological polar surface area (TPSA) is 88.3 Å². The minimum absolute atomic E-state index is 0.0320. The molecule has 0 aliphatic carbocycles. The molecule has 150 valence electrons. The van der Waals surface area contributed by atoms with Gasteiger partial charge in [-0.05, 0) is 13.0 Å². The van der Waals surface area contributed by atoms with Crippen molar-refractivity contribution in [3.05, 3.63) is 66.7 Å². The maximum atomic E-state index is 9.05. The van der Waals surface area contributed by atoms with Crippen LogP contribution in [0, 0.1) is 6.92 Å². The van der Waals surface area contributed by atoms with E-state index in [4.69, 9.17) is 14.8 Å². The Morgan fingerprint density at radius 3 is 2.83 bits per heavy atom. The molecule has 2 N–H and O–H groups in total. The van der Waals surface area contributed by atoms with Crippen molar-refractivity contribution in [2.75, 3.05) is 13.2 Å². The van der Waals surface area contributed by atoms with Crippen molar-refractivity contribution in [2.24, 2.45) is 0 Å². The van der Waals surface area contributed by atoms with E-state index in [1.807, 2.05) is 54.2 Å². The Labute approximate surface area is 176 Å². The van der Waals surface area contributed by atoms with Crippen molar-refractivity contribution in [3.8, 4) is 38.3 Å². The highest BCUT2D eigenvalue weighted by Gasteiger charge is 2.21. The second-order valence-corrected chi connectivity index (χ2v) is 7.72. The number of imidazole rings is 1. The smallest absolute Gasteiger partial charge is 0.149 e. The number of rotatable bonds is 6. The van der Waals surface area contributed by atoms with Crippen LogP contribution in [-0.2, 0) is 0 Å². The molecule has 0 spiro atoms. The fraction of sp³-hybridized carbons (Fsp3) is 0.136. The third kappa shape index (κ3) is 3.26. The van der Waals surface area contributed by atoms with Gasteiger partial charge in [0.05, 0.1) is 34.0 Å². The van der Waals surface area contributed by atoms with Crippen LogP contribution in [0.15, 0.2) is 61.1 Å². The Kier molecular flexibility index (Phi) is 4.78. The molecule has 1 aromatic carbocycles. The van der Waals surface area contributed by atoms with Gasteiger partial charge in [0.2, 0.25) is 0 Å². The van der Waals surface area contributed by atoms with Crippen molar-refractivity contribution in [1.29, 1.82) is 0 Å². The summed E-state index contributed by atoms with van der Waals surface area (Å²) in [5, 5.41) is 14.6. The number of pyridine rings is 1. The number of hydrogen-bond donors (Lipinski definition) is 2. The number of hydrogen-bond acceptors (Lipinski definition) is 6. The highest BCUT2D eigenvalue weighted by molar-refractivity contribution is 7.19. The van der Waals surface area contributed by atoms with E-state index >= 15 is 0 Å². The van der Waals surface area contributed by atoms with Crippen LogP contribution in [0.3, 0.4) is 0 Å². The first kappa shape index (κ1) is 18.5. The standard InChI is InChI=1S/C22H19N5O2S/c1-14-18(17-13-16(29-12-11-28)7-10-27(17)26-14)22-25-19(15-5-3-2-4-6-15)20(30-22)21-23-8-9-24-21/h2-10,13,28H,11-12H2,1H3,(H,23,24). The molecule has 0 unspecified atom stereocenters. The lowest BCUT2D eigenvalue weighted by molar-refractivity contribution is 0.201. The van der Waals surface area contributed by atoms with Crippen LogP contribution in [0.5, 0.6) is 5.75 Å². The second kappa shape index (κ2) is 7.74. The molecule has 7 nitrogen and oxygen atoms in total. The fourth-order valence-corrected chi connectivity index (χ4v) is 4.58. The lowest BCUT2D eigenvalue weighted by Crippen LogP contribution is -2.01. The molecule has 0 bridgehead atoms. The average molecular weight is 417 g/mol. The van der Waals surface area contributed by atoms with Gasteiger partial charge in [0.1, 0.15) is 23.2 Å². The summed E-state index contributed by atoms with van der Waals surface area (Å²) in [6.07, 6.45) is 5.42. The molecule has 0 aliphatic heterocycles. The molecule has 0 radical (unpaired) electrons. The molecular formula is C22H19N5O2S. The highest BCUT2D eigenvalue weighted by Crippen LogP contribution is 2.41.